The van der Waals surface area contributed by atoms with Gasteiger partial charge in [0.25, 0.3) is 11.5 Å². The van der Waals surface area contributed by atoms with Gasteiger partial charge in [-0.1, -0.05) is 30.0 Å². The molecule has 0 saturated carbocycles. The lowest BCUT2D eigenvalue weighted by molar-refractivity contribution is -0.113. The van der Waals surface area contributed by atoms with Crippen molar-refractivity contribution < 1.29 is 9.59 Å². The molecule has 1 aromatic heterocycles. The average Bonchev–Trinajstić information content (AvgIpc) is 2.74. The first-order valence-corrected chi connectivity index (χ1v) is 9.87. The predicted molar refractivity (Wildman–Crippen MR) is 115 cm³/mol. The lowest BCUT2D eigenvalue weighted by Crippen LogP contribution is -2.23. The van der Waals surface area contributed by atoms with Gasteiger partial charge in [-0.2, -0.15) is 0 Å². The van der Waals surface area contributed by atoms with E-state index in [1.54, 1.807) is 55.6 Å². The summed E-state index contributed by atoms with van der Waals surface area (Å²) in [5.41, 5.74) is 1.51. The Balaban J connectivity index is 1.73. The number of benzene rings is 2. The number of thioether (sulfide) groups is 1. The van der Waals surface area contributed by atoms with Crippen LogP contribution < -0.4 is 16.2 Å². The molecule has 0 aliphatic rings. The van der Waals surface area contributed by atoms with E-state index >= 15 is 0 Å². The second kappa shape index (κ2) is 9.20. The van der Waals surface area contributed by atoms with Crippen molar-refractivity contribution in [2.75, 3.05) is 18.1 Å². The number of carbonyl (C=O) groups excluding carboxylic acids is 2. The third-order valence-corrected chi connectivity index (χ3v) is 5.10. The van der Waals surface area contributed by atoms with Crippen LogP contribution >= 0.6 is 11.8 Å². The largest absolute Gasteiger partial charge is 0.355 e. The molecule has 0 spiro atoms. The second-order valence-corrected chi connectivity index (χ2v) is 7.05. The smallest absolute Gasteiger partial charge is 0.262 e. The summed E-state index contributed by atoms with van der Waals surface area (Å²) >= 11 is 1.18. The minimum absolute atomic E-state index is 0.0825. The zero-order valence-electron chi connectivity index (χ0n) is 15.8. The molecule has 2 amide bonds. The van der Waals surface area contributed by atoms with Crippen molar-refractivity contribution in [3.05, 3.63) is 77.1 Å². The normalized spacial score (nSPS) is 10.5. The second-order valence-electron chi connectivity index (χ2n) is 6.11. The maximum atomic E-state index is 12.7. The molecule has 2 N–H and O–H groups in total. The summed E-state index contributed by atoms with van der Waals surface area (Å²) in [6, 6.07) is 13.7. The van der Waals surface area contributed by atoms with E-state index in [-0.39, 0.29) is 23.1 Å². The maximum absolute atomic E-state index is 12.7. The highest BCUT2D eigenvalue weighted by Crippen LogP contribution is 2.18. The third kappa shape index (κ3) is 4.72. The number of amides is 2. The monoisotopic (exact) mass is 408 g/mol. The van der Waals surface area contributed by atoms with E-state index in [9.17, 15) is 14.4 Å². The van der Waals surface area contributed by atoms with Crippen molar-refractivity contribution in [1.82, 2.24) is 14.9 Å². The predicted octanol–water partition coefficient (Wildman–Crippen LogP) is 2.67. The van der Waals surface area contributed by atoms with Crippen LogP contribution in [0.3, 0.4) is 0 Å². The summed E-state index contributed by atoms with van der Waals surface area (Å²) in [5.74, 6) is -0.352. The number of nitrogens with zero attached hydrogens (tertiary/aromatic N) is 2. The van der Waals surface area contributed by atoms with Gasteiger partial charge in [-0.05, 0) is 36.4 Å². The molecule has 0 atom stereocenters. The fourth-order valence-corrected chi connectivity index (χ4v) is 3.53. The summed E-state index contributed by atoms with van der Waals surface area (Å²) in [7, 11) is 1.56. The Kier molecular flexibility index (Phi) is 6.46. The van der Waals surface area contributed by atoms with E-state index in [2.05, 4.69) is 22.2 Å². The van der Waals surface area contributed by atoms with Crippen molar-refractivity contribution in [3.63, 3.8) is 0 Å². The number of nitrogens with one attached hydrogen (secondary N) is 2. The molecule has 2 aromatic carbocycles. The van der Waals surface area contributed by atoms with Crippen LogP contribution in [0.5, 0.6) is 0 Å². The number of carbonyl (C=O) groups is 2. The van der Waals surface area contributed by atoms with Gasteiger partial charge in [-0.15, -0.1) is 6.58 Å². The summed E-state index contributed by atoms with van der Waals surface area (Å²) < 4.78 is 1.51. The Morgan fingerprint density at radius 2 is 1.90 bits per heavy atom. The molecular formula is C21H20N4O3S. The molecule has 7 nitrogen and oxygen atoms in total. The van der Waals surface area contributed by atoms with Gasteiger partial charge in [0.15, 0.2) is 5.16 Å². The van der Waals surface area contributed by atoms with Crippen LogP contribution in [0.1, 0.15) is 10.4 Å². The maximum Gasteiger partial charge on any atom is 0.262 e. The highest BCUT2D eigenvalue weighted by Gasteiger charge is 2.13. The van der Waals surface area contributed by atoms with Crippen LogP contribution in [0.2, 0.25) is 0 Å². The average molecular weight is 408 g/mol. The van der Waals surface area contributed by atoms with Crippen molar-refractivity contribution in [1.29, 1.82) is 0 Å². The van der Waals surface area contributed by atoms with Crippen LogP contribution in [-0.4, -0.2) is 34.2 Å². The molecule has 29 heavy (non-hydrogen) atoms. The van der Waals surface area contributed by atoms with E-state index < -0.39 is 0 Å². The number of hydrogen-bond donors (Lipinski definition) is 2. The van der Waals surface area contributed by atoms with Crippen LogP contribution in [-0.2, 0) is 11.3 Å². The van der Waals surface area contributed by atoms with Crippen LogP contribution in [0, 0.1) is 0 Å². The summed E-state index contributed by atoms with van der Waals surface area (Å²) in [6.45, 7) is 4.00. The number of para-hydroxylation sites is 1. The molecule has 0 aliphatic heterocycles. The van der Waals surface area contributed by atoms with Gasteiger partial charge in [-0.25, -0.2) is 4.98 Å². The van der Waals surface area contributed by atoms with Gasteiger partial charge < -0.3 is 10.6 Å². The molecule has 0 aliphatic carbocycles. The number of anilines is 1. The minimum Gasteiger partial charge on any atom is -0.355 e. The Morgan fingerprint density at radius 3 is 2.59 bits per heavy atom. The molecular weight excluding hydrogens is 388 g/mol. The lowest BCUT2D eigenvalue weighted by atomic mass is 10.2. The SMILES string of the molecule is C=CCn1c(SCC(=O)Nc2ccc(C(=O)NC)cc2)nc2ccccc2c1=O. The van der Waals surface area contributed by atoms with Crippen LogP contribution in [0.25, 0.3) is 10.9 Å². The summed E-state index contributed by atoms with van der Waals surface area (Å²) in [5, 5.41) is 6.30. The Bertz CT molecular complexity index is 1120. The first kappa shape index (κ1) is 20.3. The molecule has 0 saturated heterocycles. The number of hydrogen-bond acceptors (Lipinski definition) is 5. The van der Waals surface area contributed by atoms with Crippen molar-refractivity contribution in [3.8, 4) is 0 Å². The molecule has 0 bridgehead atoms. The van der Waals surface area contributed by atoms with Gasteiger partial charge in [0.2, 0.25) is 5.91 Å². The van der Waals surface area contributed by atoms with Gasteiger partial charge in [-0.3, -0.25) is 19.0 Å². The standard InChI is InChI=1S/C21H20N4O3S/c1-3-12-25-20(28)16-6-4-5-7-17(16)24-21(25)29-13-18(26)23-15-10-8-14(9-11-15)19(27)22-2/h3-11H,1,12-13H2,2H3,(H,22,27)(H,23,26). The fraction of sp³-hybridized carbons (Fsp3) is 0.143. The molecule has 0 radical (unpaired) electrons. The Labute approximate surface area is 171 Å². The van der Waals surface area contributed by atoms with Crippen LogP contribution in [0.15, 0.2) is 71.1 Å². The Morgan fingerprint density at radius 1 is 1.17 bits per heavy atom. The number of allylic oxidation sites excluding steroid dienone is 1. The van der Waals surface area contributed by atoms with Crippen molar-refractivity contribution >= 4 is 40.2 Å². The summed E-state index contributed by atoms with van der Waals surface area (Å²) in [6.07, 6.45) is 1.62. The molecule has 8 heteroatoms. The molecule has 3 aromatic rings. The number of aromatic nitrogens is 2. The molecule has 3 rings (SSSR count). The minimum atomic E-state index is -0.241. The van der Waals surface area contributed by atoms with Gasteiger partial charge in [0.05, 0.1) is 16.7 Å². The van der Waals surface area contributed by atoms with E-state index in [1.165, 1.54) is 16.3 Å². The highest BCUT2D eigenvalue weighted by molar-refractivity contribution is 7.99. The topological polar surface area (TPSA) is 93.1 Å². The molecule has 148 valence electrons. The number of rotatable bonds is 7. The van der Waals surface area contributed by atoms with Gasteiger partial charge in [0, 0.05) is 24.8 Å². The zero-order chi connectivity index (χ0) is 20.8. The molecule has 0 fully saturated rings. The highest BCUT2D eigenvalue weighted by atomic mass is 32.2. The fourth-order valence-electron chi connectivity index (χ4n) is 2.72. The lowest BCUT2D eigenvalue weighted by Gasteiger charge is -2.11. The quantitative estimate of drug-likeness (QED) is 0.356. The summed E-state index contributed by atoms with van der Waals surface area (Å²) in [4.78, 5) is 41.1. The molecule has 0 unspecified atom stereocenters. The first-order valence-electron chi connectivity index (χ1n) is 8.88. The number of fused-ring (bicyclic) bond motifs is 1. The zero-order valence-corrected chi connectivity index (χ0v) is 16.7. The van der Waals surface area contributed by atoms with Crippen molar-refractivity contribution in [2.24, 2.45) is 0 Å². The molecule has 1 heterocycles. The first-order chi connectivity index (χ1) is 14.0. The van der Waals surface area contributed by atoms with Gasteiger partial charge in [0.1, 0.15) is 0 Å². The van der Waals surface area contributed by atoms with E-state index in [4.69, 9.17) is 0 Å². The van der Waals surface area contributed by atoms with E-state index in [1.807, 2.05) is 6.07 Å². The van der Waals surface area contributed by atoms with Gasteiger partial charge >= 0.3 is 0 Å². The van der Waals surface area contributed by atoms with E-state index in [0.717, 1.165) is 0 Å². The third-order valence-electron chi connectivity index (χ3n) is 4.13. The van der Waals surface area contributed by atoms with E-state index in [0.29, 0.717) is 33.9 Å². The van der Waals surface area contributed by atoms with Crippen LogP contribution in [0.4, 0.5) is 5.69 Å². The Hall–Kier alpha value is -3.39. The van der Waals surface area contributed by atoms with Crippen molar-refractivity contribution in [2.45, 2.75) is 11.7 Å².